The van der Waals surface area contributed by atoms with E-state index in [1.54, 1.807) is 0 Å². The largest absolute Gasteiger partial charge is 0.335 e. The molecule has 0 aliphatic carbocycles. The summed E-state index contributed by atoms with van der Waals surface area (Å²) in [6.45, 7) is 5.43. The van der Waals surface area contributed by atoms with Crippen LogP contribution in [0.2, 0.25) is 0 Å². The van der Waals surface area contributed by atoms with E-state index < -0.39 is 0 Å². The molecule has 0 amide bonds. The van der Waals surface area contributed by atoms with Gasteiger partial charge in [-0.15, -0.1) is 0 Å². The normalized spacial score (nSPS) is 13.0. The highest BCUT2D eigenvalue weighted by Gasteiger charge is 2.08. The second-order valence-electron chi connectivity index (χ2n) is 4.14. The maximum atomic E-state index is 6.06. The fourth-order valence-corrected chi connectivity index (χ4v) is 1.78. The SMILES string of the molecule is CCCCC(N)Cc1nccn1CCC. The van der Waals surface area contributed by atoms with Crippen LogP contribution in [0.3, 0.4) is 0 Å². The number of hydrogen-bond donors (Lipinski definition) is 1. The molecule has 0 aliphatic rings. The summed E-state index contributed by atoms with van der Waals surface area (Å²) < 4.78 is 2.21. The van der Waals surface area contributed by atoms with Gasteiger partial charge < -0.3 is 10.3 Å². The summed E-state index contributed by atoms with van der Waals surface area (Å²) >= 11 is 0. The predicted octanol–water partition coefficient (Wildman–Crippen LogP) is 2.35. The van der Waals surface area contributed by atoms with E-state index in [9.17, 15) is 0 Å². The molecular formula is C12H23N3. The van der Waals surface area contributed by atoms with Gasteiger partial charge in [0.15, 0.2) is 0 Å². The predicted molar refractivity (Wildman–Crippen MR) is 63.7 cm³/mol. The van der Waals surface area contributed by atoms with Crippen molar-refractivity contribution in [3.63, 3.8) is 0 Å². The van der Waals surface area contributed by atoms with Gasteiger partial charge >= 0.3 is 0 Å². The maximum absolute atomic E-state index is 6.06. The molecular weight excluding hydrogens is 186 g/mol. The smallest absolute Gasteiger partial charge is 0.110 e. The summed E-state index contributed by atoms with van der Waals surface area (Å²) in [5.74, 6) is 1.14. The Morgan fingerprint density at radius 1 is 1.40 bits per heavy atom. The van der Waals surface area contributed by atoms with Crippen molar-refractivity contribution in [3.8, 4) is 0 Å². The van der Waals surface area contributed by atoms with E-state index >= 15 is 0 Å². The van der Waals surface area contributed by atoms with E-state index in [0.29, 0.717) is 0 Å². The number of unbranched alkanes of at least 4 members (excludes halogenated alkanes) is 1. The van der Waals surface area contributed by atoms with E-state index in [0.717, 1.165) is 31.6 Å². The number of nitrogens with zero attached hydrogens (tertiary/aromatic N) is 2. The number of aryl methyl sites for hydroxylation is 1. The van der Waals surface area contributed by atoms with Gasteiger partial charge in [-0.05, 0) is 12.8 Å². The fourth-order valence-electron chi connectivity index (χ4n) is 1.78. The molecule has 1 aromatic rings. The summed E-state index contributed by atoms with van der Waals surface area (Å²) in [6.07, 6.45) is 9.52. The molecule has 0 bridgehead atoms. The Morgan fingerprint density at radius 2 is 2.20 bits per heavy atom. The zero-order valence-electron chi connectivity index (χ0n) is 9.95. The molecule has 0 saturated carbocycles. The Bertz CT molecular complexity index is 268. The van der Waals surface area contributed by atoms with Crippen LogP contribution in [-0.2, 0) is 13.0 Å². The van der Waals surface area contributed by atoms with E-state index in [4.69, 9.17) is 5.73 Å². The van der Waals surface area contributed by atoms with Gasteiger partial charge in [-0.2, -0.15) is 0 Å². The molecule has 1 rings (SSSR count). The molecule has 3 heteroatoms. The van der Waals surface area contributed by atoms with Crippen molar-refractivity contribution in [1.29, 1.82) is 0 Å². The molecule has 1 heterocycles. The minimum atomic E-state index is 0.267. The third kappa shape index (κ3) is 4.04. The van der Waals surface area contributed by atoms with Gasteiger partial charge in [0.2, 0.25) is 0 Å². The lowest BCUT2D eigenvalue weighted by atomic mass is 10.1. The van der Waals surface area contributed by atoms with Gasteiger partial charge in [-0.1, -0.05) is 26.7 Å². The average molecular weight is 209 g/mol. The summed E-state index contributed by atoms with van der Waals surface area (Å²) in [5, 5.41) is 0. The van der Waals surface area contributed by atoms with Crippen LogP contribution in [-0.4, -0.2) is 15.6 Å². The third-order valence-electron chi connectivity index (χ3n) is 2.64. The molecule has 15 heavy (non-hydrogen) atoms. The zero-order valence-corrected chi connectivity index (χ0v) is 9.95. The topological polar surface area (TPSA) is 43.8 Å². The van der Waals surface area contributed by atoms with Crippen molar-refractivity contribution in [2.75, 3.05) is 0 Å². The number of imidazole rings is 1. The van der Waals surface area contributed by atoms with Crippen molar-refractivity contribution in [2.45, 2.75) is 58.5 Å². The van der Waals surface area contributed by atoms with E-state index in [-0.39, 0.29) is 6.04 Å². The molecule has 0 aromatic carbocycles. The first kappa shape index (κ1) is 12.2. The number of aromatic nitrogens is 2. The van der Waals surface area contributed by atoms with Gasteiger partial charge in [0.05, 0.1) is 0 Å². The third-order valence-corrected chi connectivity index (χ3v) is 2.64. The summed E-state index contributed by atoms with van der Waals surface area (Å²) in [6, 6.07) is 0.267. The van der Waals surface area contributed by atoms with Crippen molar-refractivity contribution in [2.24, 2.45) is 5.73 Å². The molecule has 86 valence electrons. The minimum absolute atomic E-state index is 0.267. The highest BCUT2D eigenvalue weighted by Crippen LogP contribution is 2.06. The Morgan fingerprint density at radius 3 is 2.87 bits per heavy atom. The molecule has 0 radical (unpaired) electrons. The highest BCUT2D eigenvalue weighted by molar-refractivity contribution is 4.95. The number of hydrogen-bond acceptors (Lipinski definition) is 2. The van der Waals surface area contributed by atoms with E-state index in [2.05, 4.69) is 23.4 Å². The van der Waals surface area contributed by atoms with Gasteiger partial charge in [-0.3, -0.25) is 0 Å². The Balaban J connectivity index is 2.44. The zero-order chi connectivity index (χ0) is 11.1. The van der Waals surface area contributed by atoms with Crippen molar-refractivity contribution >= 4 is 0 Å². The van der Waals surface area contributed by atoms with Crippen LogP contribution in [0, 0.1) is 0 Å². The van der Waals surface area contributed by atoms with Gasteiger partial charge in [0.25, 0.3) is 0 Å². The Hall–Kier alpha value is -0.830. The molecule has 2 N–H and O–H groups in total. The summed E-state index contributed by atoms with van der Waals surface area (Å²) in [7, 11) is 0. The molecule has 1 unspecified atom stereocenters. The van der Waals surface area contributed by atoms with Gasteiger partial charge in [0.1, 0.15) is 5.82 Å². The lowest BCUT2D eigenvalue weighted by molar-refractivity contribution is 0.538. The van der Waals surface area contributed by atoms with E-state index in [1.165, 1.54) is 12.8 Å². The lowest BCUT2D eigenvalue weighted by Gasteiger charge is -2.12. The van der Waals surface area contributed by atoms with Gasteiger partial charge in [-0.25, -0.2) is 4.98 Å². The van der Waals surface area contributed by atoms with Crippen molar-refractivity contribution in [3.05, 3.63) is 18.2 Å². The van der Waals surface area contributed by atoms with Crippen LogP contribution in [0.15, 0.2) is 12.4 Å². The van der Waals surface area contributed by atoms with Crippen LogP contribution in [0.5, 0.6) is 0 Å². The molecule has 0 fully saturated rings. The lowest BCUT2D eigenvalue weighted by Crippen LogP contribution is -2.24. The van der Waals surface area contributed by atoms with Crippen LogP contribution >= 0.6 is 0 Å². The van der Waals surface area contributed by atoms with Crippen molar-refractivity contribution in [1.82, 2.24) is 9.55 Å². The summed E-state index contributed by atoms with van der Waals surface area (Å²) in [4.78, 5) is 4.37. The summed E-state index contributed by atoms with van der Waals surface area (Å²) in [5.41, 5.74) is 6.06. The average Bonchev–Trinajstić information content (AvgIpc) is 2.63. The van der Waals surface area contributed by atoms with Crippen molar-refractivity contribution < 1.29 is 0 Å². The Kier molecular flexibility index (Phi) is 5.40. The fraction of sp³-hybridized carbons (Fsp3) is 0.750. The van der Waals surface area contributed by atoms with Crippen LogP contribution in [0.25, 0.3) is 0 Å². The first-order chi connectivity index (χ1) is 7.27. The quantitative estimate of drug-likeness (QED) is 0.749. The molecule has 1 aromatic heterocycles. The monoisotopic (exact) mass is 209 g/mol. The maximum Gasteiger partial charge on any atom is 0.110 e. The number of nitrogens with two attached hydrogens (primary N) is 1. The minimum Gasteiger partial charge on any atom is -0.335 e. The Labute approximate surface area is 92.7 Å². The molecule has 0 saturated heterocycles. The molecule has 0 aliphatic heterocycles. The highest BCUT2D eigenvalue weighted by atomic mass is 15.1. The van der Waals surface area contributed by atoms with Crippen LogP contribution < -0.4 is 5.73 Å². The first-order valence-electron chi connectivity index (χ1n) is 6.03. The standard InChI is InChI=1S/C12H23N3/c1-3-5-6-11(13)10-12-14-7-9-15(12)8-4-2/h7,9,11H,3-6,8,10,13H2,1-2H3. The molecule has 0 spiro atoms. The second-order valence-corrected chi connectivity index (χ2v) is 4.14. The first-order valence-corrected chi connectivity index (χ1v) is 6.03. The second kappa shape index (κ2) is 6.62. The van der Waals surface area contributed by atoms with Crippen LogP contribution in [0.4, 0.5) is 0 Å². The number of rotatable bonds is 7. The molecule has 3 nitrogen and oxygen atoms in total. The molecule has 1 atom stereocenters. The van der Waals surface area contributed by atoms with Crippen LogP contribution in [0.1, 0.15) is 45.4 Å². The van der Waals surface area contributed by atoms with E-state index in [1.807, 2.05) is 12.4 Å². The van der Waals surface area contributed by atoms with Gasteiger partial charge in [0, 0.05) is 31.4 Å².